The number of hydrogen-bond acceptors (Lipinski definition) is 2. The van der Waals surface area contributed by atoms with Gasteiger partial charge in [-0.25, -0.2) is 0 Å². The summed E-state index contributed by atoms with van der Waals surface area (Å²) in [7, 11) is 1.81. The van der Waals surface area contributed by atoms with Gasteiger partial charge in [0.2, 0.25) is 5.91 Å². The van der Waals surface area contributed by atoms with Crippen molar-refractivity contribution in [1.29, 1.82) is 0 Å². The minimum atomic E-state index is -0.379. The van der Waals surface area contributed by atoms with E-state index >= 15 is 0 Å². The normalized spacial score (nSPS) is 24.3. The zero-order chi connectivity index (χ0) is 18.8. The van der Waals surface area contributed by atoms with Crippen LogP contribution in [-0.4, -0.2) is 35.8 Å². The van der Waals surface area contributed by atoms with Crippen LogP contribution in [0.2, 0.25) is 0 Å². The molecule has 4 nitrogen and oxygen atoms in total. The molecule has 2 aliphatic rings. The molecule has 0 N–H and O–H groups in total. The van der Waals surface area contributed by atoms with E-state index in [1.165, 1.54) is 6.42 Å². The largest absolute Gasteiger partial charge is 0.323 e. The van der Waals surface area contributed by atoms with Crippen LogP contribution in [0.1, 0.15) is 42.5 Å². The Kier molecular flexibility index (Phi) is 4.97. The number of nitrogens with zero attached hydrogens (tertiary/aromatic N) is 2. The van der Waals surface area contributed by atoms with E-state index in [2.05, 4.69) is 0 Å². The van der Waals surface area contributed by atoms with Crippen molar-refractivity contribution in [3.05, 3.63) is 66.2 Å². The molecule has 1 heterocycles. The minimum Gasteiger partial charge on any atom is -0.323 e. The quantitative estimate of drug-likeness (QED) is 0.824. The highest BCUT2D eigenvalue weighted by Gasteiger charge is 2.48. The monoisotopic (exact) mass is 362 g/mol. The number of likely N-dealkylation sites (tertiary alicyclic amines) is 1. The third kappa shape index (κ3) is 3.36. The van der Waals surface area contributed by atoms with Crippen molar-refractivity contribution in [1.82, 2.24) is 4.90 Å². The molecule has 2 aromatic carbocycles. The molecule has 1 saturated carbocycles. The topological polar surface area (TPSA) is 40.6 Å². The van der Waals surface area contributed by atoms with Gasteiger partial charge in [0.05, 0.1) is 0 Å². The van der Waals surface area contributed by atoms with E-state index in [4.69, 9.17) is 0 Å². The fraction of sp³-hybridized carbons (Fsp3) is 0.391. The van der Waals surface area contributed by atoms with Crippen LogP contribution in [0.3, 0.4) is 0 Å². The van der Waals surface area contributed by atoms with Gasteiger partial charge in [0.15, 0.2) is 0 Å². The van der Waals surface area contributed by atoms with E-state index in [9.17, 15) is 9.59 Å². The molecule has 1 aliphatic carbocycles. The van der Waals surface area contributed by atoms with E-state index in [1.54, 1.807) is 4.90 Å². The first kappa shape index (κ1) is 17.8. The van der Waals surface area contributed by atoms with E-state index in [0.717, 1.165) is 31.4 Å². The van der Waals surface area contributed by atoms with Crippen molar-refractivity contribution >= 4 is 17.5 Å². The maximum absolute atomic E-state index is 13.4. The first-order chi connectivity index (χ1) is 13.2. The second kappa shape index (κ2) is 7.55. The minimum absolute atomic E-state index is 0.00943. The lowest BCUT2D eigenvalue weighted by atomic mass is 9.84. The zero-order valence-electron chi connectivity index (χ0n) is 15.8. The molecular formula is C23H26N2O2. The number of para-hydroxylation sites is 1. The molecule has 3 atom stereocenters. The van der Waals surface area contributed by atoms with Crippen LogP contribution in [-0.2, 0) is 4.79 Å². The van der Waals surface area contributed by atoms with Crippen LogP contribution in [0.25, 0.3) is 0 Å². The highest BCUT2D eigenvalue weighted by molar-refractivity contribution is 6.02. The third-order valence-electron chi connectivity index (χ3n) is 6.10. The van der Waals surface area contributed by atoms with Crippen LogP contribution >= 0.6 is 0 Å². The Hall–Kier alpha value is -2.62. The first-order valence-corrected chi connectivity index (χ1v) is 9.87. The molecule has 0 radical (unpaired) electrons. The molecule has 0 bridgehead atoms. The standard InChI is InChI=1S/C23H26N2O2/c1-24(19-13-6-3-7-14-19)23(27)21-16-18-12-8-9-15-20(18)25(21)22(26)17-10-4-2-5-11-17/h2-7,10-11,13-14,18,20-21H,8-9,12,15-16H2,1H3. The van der Waals surface area contributed by atoms with Gasteiger partial charge in [0.1, 0.15) is 6.04 Å². The number of benzene rings is 2. The second-order valence-corrected chi connectivity index (χ2v) is 7.67. The van der Waals surface area contributed by atoms with Crippen molar-refractivity contribution in [2.24, 2.45) is 5.92 Å². The number of likely N-dealkylation sites (N-methyl/N-ethyl adjacent to an activating group) is 1. The van der Waals surface area contributed by atoms with Gasteiger partial charge in [-0.1, -0.05) is 49.2 Å². The van der Waals surface area contributed by atoms with Crippen LogP contribution in [0.15, 0.2) is 60.7 Å². The van der Waals surface area contributed by atoms with Crippen molar-refractivity contribution in [3.63, 3.8) is 0 Å². The number of hydrogen-bond donors (Lipinski definition) is 0. The number of amides is 2. The Morgan fingerprint density at radius 1 is 0.926 bits per heavy atom. The van der Waals surface area contributed by atoms with Gasteiger partial charge in [-0.05, 0) is 49.4 Å². The summed E-state index contributed by atoms with van der Waals surface area (Å²) in [5.74, 6) is 0.439. The zero-order valence-corrected chi connectivity index (χ0v) is 15.8. The van der Waals surface area contributed by atoms with Crippen molar-refractivity contribution < 1.29 is 9.59 Å². The number of carbonyl (C=O) groups is 2. The highest BCUT2D eigenvalue weighted by atomic mass is 16.2. The predicted molar refractivity (Wildman–Crippen MR) is 107 cm³/mol. The molecule has 3 unspecified atom stereocenters. The van der Waals surface area contributed by atoms with Gasteiger partial charge < -0.3 is 9.80 Å². The number of fused-ring (bicyclic) bond motifs is 1. The molecule has 1 saturated heterocycles. The molecule has 2 amide bonds. The van der Waals surface area contributed by atoms with Gasteiger partial charge in [0, 0.05) is 24.3 Å². The maximum atomic E-state index is 13.4. The predicted octanol–water partition coefficient (Wildman–Crippen LogP) is 4.12. The number of anilines is 1. The van der Waals surface area contributed by atoms with Crippen molar-refractivity contribution in [2.75, 3.05) is 11.9 Å². The SMILES string of the molecule is CN(C(=O)C1CC2CCCCC2N1C(=O)c1ccccc1)c1ccccc1. The molecule has 140 valence electrons. The Labute approximate surface area is 160 Å². The van der Waals surface area contributed by atoms with Crippen molar-refractivity contribution in [3.8, 4) is 0 Å². The fourth-order valence-electron chi connectivity index (χ4n) is 4.70. The third-order valence-corrected chi connectivity index (χ3v) is 6.10. The summed E-state index contributed by atoms with van der Waals surface area (Å²) in [6, 6.07) is 18.9. The summed E-state index contributed by atoms with van der Waals surface area (Å²) in [5, 5.41) is 0. The van der Waals surface area contributed by atoms with Gasteiger partial charge in [-0.15, -0.1) is 0 Å². The molecule has 0 aromatic heterocycles. The lowest BCUT2D eigenvalue weighted by Crippen LogP contribution is -2.50. The molecule has 27 heavy (non-hydrogen) atoms. The summed E-state index contributed by atoms with van der Waals surface area (Å²) >= 11 is 0. The lowest BCUT2D eigenvalue weighted by molar-refractivity contribution is -0.122. The van der Waals surface area contributed by atoms with E-state index < -0.39 is 0 Å². The molecule has 0 spiro atoms. The first-order valence-electron chi connectivity index (χ1n) is 9.87. The molecular weight excluding hydrogens is 336 g/mol. The second-order valence-electron chi connectivity index (χ2n) is 7.67. The summed E-state index contributed by atoms with van der Waals surface area (Å²) in [6.45, 7) is 0. The van der Waals surface area contributed by atoms with Crippen LogP contribution < -0.4 is 4.90 Å². The summed E-state index contributed by atoms with van der Waals surface area (Å²) in [5.41, 5.74) is 1.54. The van der Waals surface area contributed by atoms with E-state index in [0.29, 0.717) is 11.5 Å². The number of rotatable bonds is 3. The molecule has 2 fully saturated rings. The van der Waals surface area contributed by atoms with Crippen molar-refractivity contribution in [2.45, 2.75) is 44.2 Å². The maximum Gasteiger partial charge on any atom is 0.254 e. The fourth-order valence-corrected chi connectivity index (χ4v) is 4.70. The van der Waals surface area contributed by atoms with Crippen LogP contribution in [0.5, 0.6) is 0 Å². The van der Waals surface area contributed by atoms with Gasteiger partial charge in [-0.3, -0.25) is 9.59 Å². The van der Waals surface area contributed by atoms with E-state index in [1.807, 2.05) is 72.6 Å². The van der Waals surface area contributed by atoms with E-state index in [-0.39, 0.29) is 23.9 Å². The lowest BCUT2D eigenvalue weighted by Gasteiger charge is -2.34. The molecule has 2 aromatic rings. The molecule has 4 rings (SSSR count). The van der Waals surface area contributed by atoms with Gasteiger partial charge >= 0.3 is 0 Å². The van der Waals surface area contributed by atoms with Crippen LogP contribution in [0, 0.1) is 5.92 Å². The summed E-state index contributed by atoms with van der Waals surface area (Å²) in [6.07, 6.45) is 5.22. The van der Waals surface area contributed by atoms with Crippen LogP contribution in [0.4, 0.5) is 5.69 Å². The molecule has 4 heteroatoms. The number of carbonyl (C=O) groups excluding carboxylic acids is 2. The van der Waals surface area contributed by atoms with Gasteiger partial charge in [-0.2, -0.15) is 0 Å². The average molecular weight is 362 g/mol. The van der Waals surface area contributed by atoms with Gasteiger partial charge in [0.25, 0.3) is 5.91 Å². The highest BCUT2D eigenvalue weighted by Crippen LogP contribution is 2.41. The summed E-state index contributed by atoms with van der Waals surface area (Å²) in [4.78, 5) is 30.3. The average Bonchev–Trinajstić information content (AvgIpc) is 3.13. The Morgan fingerprint density at radius 3 is 2.26 bits per heavy atom. The Balaban J connectivity index is 1.65. The Bertz CT molecular complexity index is 806. The smallest absolute Gasteiger partial charge is 0.254 e. The summed E-state index contributed by atoms with van der Waals surface area (Å²) < 4.78 is 0. The Morgan fingerprint density at radius 2 is 1.56 bits per heavy atom. The molecule has 1 aliphatic heterocycles.